The lowest BCUT2D eigenvalue weighted by atomic mass is 10.1. The van der Waals surface area contributed by atoms with Gasteiger partial charge < -0.3 is 29.0 Å². The maximum absolute atomic E-state index is 11.8. The minimum absolute atomic E-state index is 0.00515. The third-order valence-corrected chi connectivity index (χ3v) is 5.48. The van der Waals surface area contributed by atoms with Crippen molar-refractivity contribution in [1.29, 1.82) is 0 Å². The summed E-state index contributed by atoms with van der Waals surface area (Å²) in [7, 11) is -3.43. The molecule has 222 valence electrons. The minimum Gasteiger partial charge on any atom is -0.491 e. The van der Waals surface area contributed by atoms with Crippen LogP contribution < -0.4 is 10.1 Å². The molecule has 10 nitrogen and oxygen atoms in total. The van der Waals surface area contributed by atoms with Gasteiger partial charge in [-0.25, -0.2) is 0 Å². The van der Waals surface area contributed by atoms with Crippen LogP contribution >= 0.6 is 0 Å². The highest BCUT2D eigenvalue weighted by Gasteiger charge is 2.15. The van der Waals surface area contributed by atoms with Crippen molar-refractivity contribution in [1.82, 2.24) is 0 Å². The van der Waals surface area contributed by atoms with Gasteiger partial charge in [-0.15, -0.1) is 0 Å². The molecule has 0 heterocycles. The molecular weight excluding hydrogens is 538 g/mol. The maximum Gasteiger partial charge on any atom is 0.325 e. The van der Waals surface area contributed by atoms with Gasteiger partial charge in [0.25, 0.3) is 10.1 Å². The van der Waals surface area contributed by atoms with Gasteiger partial charge in [-0.3, -0.25) is 8.98 Å². The Balaban J connectivity index is 1.54. The molecule has 1 N–H and O–H groups in total. The summed E-state index contributed by atoms with van der Waals surface area (Å²) in [6.07, 6.45) is 5.03. The Kier molecular flexibility index (Phi) is 14.7. The fourth-order valence-electron chi connectivity index (χ4n) is 3.14. The molecular formula is C29H41NO9S. The predicted octanol–water partition coefficient (Wildman–Crippen LogP) is 4.02. The normalized spacial score (nSPS) is 12.0. The summed E-state index contributed by atoms with van der Waals surface area (Å²) in [4.78, 5) is 11.8. The first-order valence-electron chi connectivity index (χ1n) is 13.0. The SMILES string of the molecule is CC(C)(C)OC(=O)CNc1ccc(C=Cc2ccc(OCCOCCOCCOCCOS(C)(=O)=O)cc2)cc1. The molecule has 0 aromatic heterocycles. The Morgan fingerprint density at radius 2 is 1.23 bits per heavy atom. The van der Waals surface area contributed by atoms with Crippen LogP contribution in [0.15, 0.2) is 48.5 Å². The summed E-state index contributed by atoms with van der Waals surface area (Å²) in [5, 5.41) is 3.07. The molecule has 0 amide bonds. The van der Waals surface area contributed by atoms with Gasteiger partial charge in [0.15, 0.2) is 0 Å². The van der Waals surface area contributed by atoms with E-state index in [0.29, 0.717) is 39.6 Å². The fourth-order valence-corrected chi connectivity index (χ4v) is 3.51. The van der Waals surface area contributed by atoms with Crippen molar-refractivity contribution in [2.45, 2.75) is 26.4 Å². The zero-order valence-corrected chi connectivity index (χ0v) is 24.5. The van der Waals surface area contributed by atoms with Crippen LogP contribution in [0.1, 0.15) is 31.9 Å². The summed E-state index contributed by atoms with van der Waals surface area (Å²) in [6.45, 7) is 8.29. The molecule has 0 aliphatic rings. The first-order chi connectivity index (χ1) is 19.0. The monoisotopic (exact) mass is 579 g/mol. The van der Waals surface area contributed by atoms with Crippen molar-refractivity contribution in [3.63, 3.8) is 0 Å². The summed E-state index contributed by atoms with van der Waals surface area (Å²) in [6, 6.07) is 15.6. The van der Waals surface area contributed by atoms with E-state index in [1.807, 2.05) is 81.5 Å². The second kappa shape index (κ2) is 17.7. The molecule has 11 heteroatoms. The van der Waals surface area contributed by atoms with Gasteiger partial charge in [0.2, 0.25) is 0 Å². The van der Waals surface area contributed by atoms with E-state index in [9.17, 15) is 13.2 Å². The van der Waals surface area contributed by atoms with E-state index in [1.165, 1.54) is 0 Å². The highest BCUT2D eigenvalue weighted by Crippen LogP contribution is 2.16. The van der Waals surface area contributed by atoms with E-state index in [4.69, 9.17) is 23.7 Å². The molecule has 0 saturated heterocycles. The highest BCUT2D eigenvalue weighted by molar-refractivity contribution is 7.85. The van der Waals surface area contributed by atoms with Gasteiger partial charge in [0.1, 0.15) is 24.5 Å². The quantitative estimate of drug-likeness (QED) is 0.113. The van der Waals surface area contributed by atoms with Crippen LogP contribution in [0.2, 0.25) is 0 Å². The number of anilines is 1. The summed E-state index contributed by atoms with van der Waals surface area (Å²) in [5.41, 5.74) is 2.43. The maximum atomic E-state index is 11.8. The van der Waals surface area contributed by atoms with Crippen molar-refractivity contribution in [2.75, 3.05) is 71.0 Å². The molecule has 0 atom stereocenters. The first-order valence-corrected chi connectivity index (χ1v) is 14.9. The van der Waals surface area contributed by atoms with Gasteiger partial charge in [-0.05, 0) is 56.2 Å². The lowest BCUT2D eigenvalue weighted by Crippen LogP contribution is -2.28. The summed E-state index contributed by atoms with van der Waals surface area (Å²) < 4.78 is 53.2. The van der Waals surface area contributed by atoms with Crippen LogP contribution in [0.5, 0.6) is 5.75 Å². The van der Waals surface area contributed by atoms with Crippen molar-refractivity contribution >= 4 is 33.9 Å². The van der Waals surface area contributed by atoms with Gasteiger partial charge >= 0.3 is 5.97 Å². The lowest BCUT2D eigenvalue weighted by molar-refractivity contribution is -0.152. The van der Waals surface area contributed by atoms with Crippen molar-refractivity contribution in [2.24, 2.45) is 0 Å². The molecule has 0 unspecified atom stereocenters. The van der Waals surface area contributed by atoms with Gasteiger partial charge in [0, 0.05) is 5.69 Å². The third-order valence-electron chi connectivity index (χ3n) is 4.88. The number of hydrogen-bond acceptors (Lipinski definition) is 10. The van der Waals surface area contributed by atoms with Crippen molar-refractivity contribution < 1.29 is 41.1 Å². The van der Waals surface area contributed by atoms with Crippen LogP contribution in [0.4, 0.5) is 5.69 Å². The average molecular weight is 580 g/mol. The third kappa shape index (κ3) is 16.9. The smallest absolute Gasteiger partial charge is 0.325 e. The first kappa shape index (κ1) is 33.2. The molecule has 0 spiro atoms. The highest BCUT2D eigenvalue weighted by atomic mass is 32.2. The molecule has 0 bridgehead atoms. The zero-order valence-electron chi connectivity index (χ0n) is 23.7. The van der Waals surface area contributed by atoms with E-state index >= 15 is 0 Å². The number of rotatable bonds is 19. The number of carbonyl (C=O) groups is 1. The van der Waals surface area contributed by atoms with Crippen molar-refractivity contribution in [3.05, 3.63) is 59.7 Å². The minimum atomic E-state index is -3.43. The van der Waals surface area contributed by atoms with Crippen LogP contribution in [-0.4, -0.2) is 85.6 Å². The van der Waals surface area contributed by atoms with Crippen LogP contribution in [0.25, 0.3) is 12.2 Å². The average Bonchev–Trinajstić information content (AvgIpc) is 2.88. The Morgan fingerprint density at radius 1 is 0.750 bits per heavy atom. The molecule has 0 saturated carbocycles. The zero-order chi connectivity index (χ0) is 29.3. The van der Waals surface area contributed by atoms with Gasteiger partial charge in [-0.1, -0.05) is 36.4 Å². The lowest BCUT2D eigenvalue weighted by Gasteiger charge is -2.19. The number of hydrogen-bond donors (Lipinski definition) is 1. The molecule has 0 fully saturated rings. The van der Waals surface area contributed by atoms with E-state index in [1.54, 1.807) is 0 Å². The number of ether oxygens (including phenoxy) is 5. The second-order valence-electron chi connectivity index (χ2n) is 9.68. The molecule has 0 radical (unpaired) electrons. The predicted molar refractivity (Wildman–Crippen MR) is 155 cm³/mol. The number of carbonyl (C=O) groups excluding carboxylic acids is 1. The van der Waals surface area contributed by atoms with Crippen LogP contribution in [-0.2, 0) is 38.0 Å². The molecule has 40 heavy (non-hydrogen) atoms. The van der Waals surface area contributed by atoms with Crippen LogP contribution in [0.3, 0.4) is 0 Å². The standard InChI is InChI=1S/C29H41NO9S/c1-29(2,3)39-28(31)23-30-26-11-7-24(8-12-26)5-6-25-9-13-27(14-10-25)37-21-19-35-17-15-34-16-18-36-20-22-38-40(4,32)33/h5-14,30H,15-23H2,1-4H3. The summed E-state index contributed by atoms with van der Waals surface area (Å²) in [5.74, 6) is 0.466. The molecule has 0 aliphatic carbocycles. The molecule has 2 aromatic carbocycles. The van der Waals surface area contributed by atoms with Gasteiger partial charge in [0.05, 0.1) is 52.5 Å². The fraction of sp³-hybridized carbons (Fsp3) is 0.483. The Bertz CT molecular complexity index is 1130. The van der Waals surface area contributed by atoms with E-state index in [0.717, 1.165) is 28.8 Å². The Labute approximate surface area is 237 Å². The Morgan fingerprint density at radius 3 is 1.73 bits per heavy atom. The largest absolute Gasteiger partial charge is 0.491 e. The Hall–Kier alpha value is -2.96. The van der Waals surface area contributed by atoms with Crippen LogP contribution in [0, 0.1) is 0 Å². The summed E-state index contributed by atoms with van der Waals surface area (Å²) >= 11 is 0. The number of esters is 1. The molecule has 2 rings (SSSR count). The van der Waals surface area contributed by atoms with Gasteiger partial charge in [-0.2, -0.15) is 8.42 Å². The number of benzene rings is 2. The van der Waals surface area contributed by atoms with E-state index < -0.39 is 15.7 Å². The second-order valence-corrected chi connectivity index (χ2v) is 11.3. The van der Waals surface area contributed by atoms with E-state index in [2.05, 4.69) is 9.50 Å². The van der Waals surface area contributed by atoms with Crippen molar-refractivity contribution in [3.8, 4) is 5.75 Å². The molecule has 2 aromatic rings. The van der Waals surface area contributed by atoms with E-state index in [-0.39, 0.29) is 25.7 Å². The molecule has 0 aliphatic heterocycles. The number of nitrogens with one attached hydrogen (secondary N) is 1. The topological polar surface area (TPSA) is 119 Å².